The molecule has 6 heteroatoms. The third kappa shape index (κ3) is 67.7. The van der Waals surface area contributed by atoms with E-state index < -0.39 is 6.10 Å². The summed E-state index contributed by atoms with van der Waals surface area (Å²) in [6.07, 6.45) is 101. The molecule has 0 radical (unpaired) electrons. The van der Waals surface area contributed by atoms with E-state index in [1.807, 2.05) is 0 Å². The molecule has 0 aromatic heterocycles. The van der Waals surface area contributed by atoms with Crippen molar-refractivity contribution in [2.75, 3.05) is 13.2 Å². The van der Waals surface area contributed by atoms with Gasteiger partial charge in [0, 0.05) is 19.3 Å². The van der Waals surface area contributed by atoms with Crippen LogP contribution in [0.1, 0.15) is 290 Å². The molecule has 0 amide bonds. The Kier molecular flexibility index (Phi) is 65.4. The van der Waals surface area contributed by atoms with Crippen LogP contribution in [0.3, 0.4) is 0 Å². The van der Waals surface area contributed by atoms with E-state index in [9.17, 15) is 14.4 Å². The molecule has 0 saturated carbocycles. The number of unbranched alkanes of at least 4 members (excludes halogenated alkanes) is 23. The molecule has 468 valence electrons. The molecule has 0 bridgehead atoms. The first-order valence-corrected chi connectivity index (χ1v) is 34.0. The predicted molar refractivity (Wildman–Crippen MR) is 362 cm³/mol. The summed E-state index contributed by atoms with van der Waals surface area (Å²) in [7, 11) is 0. The average Bonchev–Trinajstić information content (AvgIpc) is 3.49. The third-order valence-corrected chi connectivity index (χ3v) is 14.0. The normalized spacial score (nSPS) is 13.1. The summed E-state index contributed by atoms with van der Waals surface area (Å²) in [5.74, 6) is -0.931. The number of carbonyl (C=O) groups excluding carboxylic acids is 3. The Morgan fingerprint density at radius 3 is 0.675 bits per heavy atom. The Hall–Kier alpha value is -4.97. The summed E-state index contributed by atoms with van der Waals surface area (Å²) >= 11 is 0. The fraction of sp³-hybridized carbons (Fsp3) is 0.623. The van der Waals surface area contributed by atoms with Gasteiger partial charge in [0.25, 0.3) is 0 Å². The molecule has 0 N–H and O–H groups in total. The fourth-order valence-corrected chi connectivity index (χ4v) is 9.04. The maximum atomic E-state index is 12.9. The zero-order chi connectivity index (χ0) is 59.9. The van der Waals surface area contributed by atoms with E-state index in [4.69, 9.17) is 14.2 Å². The van der Waals surface area contributed by atoms with Gasteiger partial charge in [0.15, 0.2) is 6.10 Å². The topological polar surface area (TPSA) is 78.9 Å². The molecule has 0 rings (SSSR count). The van der Waals surface area contributed by atoms with Gasteiger partial charge >= 0.3 is 17.9 Å². The SMILES string of the molecule is CC/C=C\C/C=C\C/C=C\C/C=C\C/C=C\C/C=C\CCCCCCCCCCCCCCC(=O)OCC(COC(=O)CCCCCCCCC/C=C\C/C=C\C/C=C\CC)OC(=O)CCCCCC/C=C\C/C=C\C/C=C\C/C=C\CC. The number of esters is 3. The smallest absolute Gasteiger partial charge is 0.306 e. The van der Waals surface area contributed by atoms with Crippen molar-refractivity contribution >= 4 is 17.9 Å². The van der Waals surface area contributed by atoms with E-state index in [1.165, 1.54) is 89.9 Å². The average molecular weight is 1150 g/mol. The summed E-state index contributed by atoms with van der Waals surface area (Å²) in [6, 6.07) is 0. The molecule has 0 aromatic rings. The van der Waals surface area contributed by atoms with Gasteiger partial charge in [-0.05, 0) is 141 Å². The van der Waals surface area contributed by atoms with Gasteiger partial charge in [-0.15, -0.1) is 0 Å². The highest BCUT2D eigenvalue weighted by Crippen LogP contribution is 2.16. The van der Waals surface area contributed by atoms with Crippen molar-refractivity contribution in [3.8, 4) is 0 Å². The molecule has 0 aliphatic heterocycles. The highest BCUT2D eigenvalue weighted by atomic mass is 16.6. The second-order valence-electron chi connectivity index (χ2n) is 21.9. The van der Waals surface area contributed by atoms with Crippen LogP contribution in [0.25, 0.3) is 0 Å². The minimum absolute atomic E-state index is 0.0972. The summed E-state index contributed by atoms with van der Waals surface area (Å²) in [4.78, 5) is 38.4. The number of ether oxygens (including phenoxy) is 3. The van der Waals surface area contributed by atoms with Crippen molar-refractivity contribution < 1.29 is 28.6 Å². The lowest BCUT2D eigenvalue weighted by atomic mass is 10.0. The maximum absolute atomic E-state index is 12.9. The molecule has 0 aliphatic rings. The van der Waals surface area contributed by atoms with Crippen LogP contribution in [-0.2, 0) is 28.6 Å². The van der Waals surface area contributed by atoms with Crippen LogP contribution in [0.5, 0.6) is 0 Å². The van der Waals surface area contributed by atoms with Gasteiger partial charge in [0.05, 0.1) is 0 Å². The van der Waals surface area contributed by atoms with Gasteiger partial charge in [0.1, 0.15) is 13.2 Å². The quantitative estimate of drug-likeness (QED) is 0.0261. The van der Waals surface area contributed by atoms with E-state index >= 15 is 0 Å². The summed E-state index contributed by atoms with van der Waals surface area (Å²) in [6.45, 7) is 6.28. The van der Waals surface area contributed by atoms with Crippen molar-refractivity contribution in [3.63, 3.8) is 0 Å². The van der Waals surface area contributed by atoms with E-state index in [0.29, 0.717) is 19.3 Å². The number of hydrogen-bond acceptors (Lipinski definition) is 6. The molecule has 0 saturated heterocycles. The van der Waals surface area contributed by atoms with Crippen LogP contribution in [0.4, 0.5) is 0 Å². The van der Waals surface area contributed by atoms with Crippen LogP contribution >= 0.6 is 0 Å². The maximum Gasteiger partial charge on any atom is 0.306 e. The minimum atomic E-state index is -0.804. The number of allylic oxidation sites excluding steroid dienone is 26. The molecule has 0 fully saturated rings. The zero-order valence-electron chi connectivity index (χ0n) is 53.7. The molecule has 0 aromatic carbocycles. The van der Waals surface area contributed by atoms with Crippen molar-refractivity contribution in [1.82, 2.24) is 0 Å². The van der Waals surface area contributed by atoms with Gasteiger partial charge in [-0.25, -0.2) is 0 Å². The molecule has 83 heavy (non-hydrogen) atoms. The van der Waals surface area contributed by atoms with Gasteiger partial charge in [0.2, 0.25) is 0 Å². The second-order valence-corrected chi connectivity index (χ2v) is 21.9. The first kappa shape index (κ1) is 78.0. The molecular weight excluding hydrogens is 1020 g/mol. The highest BCUT2D eigenvalue weighted by Gasteiger charge is 2.19. The van der Waals surface area contributed by atoms with Crippen LogP contribution in [0, 0.1) is 0 Å². The van der Waals surface area contributed by atoms with Gasteiger partial charge in [-0.3, -0.25) is 14.4 Å². The number of carbonyl (C=O) groups is 3. The van der Waals surface area contributed by atoms with Crippen LogP contribution in [0.15, 0.2) is 158 Å². The summed E-state index contributed by atoms with van der Waals surface area (Å²) in [5, 5.41) is 0. The zero-order valence-corrected chi connectivity index (χ0v) is 53.7. The van der Waals surface area contributed by atoms with Crippen molar-refractivity contribution in [3.05, 3.63) is 158 Å². The minimum Gasteiger partial charge on any atom is -0.462 e. The van der Waals surface area contributed by atoms with Crippen molar-refractivity contribution in [1.29, 1.82) is 0 Å². The Labute approximate surface area is 511 Å². The fourth-order valence-electron chi connectivity index (χ4n) is 9.04. The Morgan fingerprint density at radius 2 is 0.434 bits per heavy atom. The predicted octanol–water partition coefficient (Wildman–Crippen LogP) is 23.7. The molecule has 0 heterocycles. The Bertz CT molecular complexity index is 1840. The van der Waals surface area contributed by atoms with Gasteiger partial charge in [-0.2, -0.15) is 0 Å². The van der Waals surface area contributed by atoms with Crippen LogP contribution in [0.2, 0.25) is 0 Å². The standard InChI is InChI=1S/C77H124O6/c1-4-7-10-13-16-19-22-25-28-31-32-33-34-35-36-37-38-39-40-41-42-43-44-47-49-52-55-58-61-64-67-70-76(79)82-73-74(83-77(80)71-68-65-62-59-56-53-50-46-30-27-24-21-18-15-12-9-6-3)72-81-75(78)69-66-63-60-57-54-51-48-45-29-26-23-20-17-14-11-8-5-2/h7-12,16-21,25-30,32-33,35-36,38-39,50,53,74H,4-6,13-15,22-24,31,34,37,40-49,51-52,54-73H2,1-3H3/b10-7-,11-8-,12-9-,19-16-,20-17-,21-18-,28-25-,29-26-,30-27-,33-32-,36-35-,39-38-,53-50-. The molecule has 1 atom stereocenters. The van der Waals surface area contributed by atoms with Crippen molar-refractivity contribution in [2.24, 2.45) is 0 Å². The number of hydrogen-bond donors (Lipinski definition) is 0. The lowest BCUT2D eigenvalue weighted by Gasteiger charge is -2.18. The highest BCUT2D eigenvalue weighted by molar-refractivity contribution is 5.71. The van der Waals surface area contributed by atoms with Crippen LogP contribution in [-0.4, -0.2) is 37.2 Å². The number of rotatable bonds is 60. The van der Waals surface area contributed by atoms with Crippen LogP contribution < -0.4 is 0 Å². The summed E-state index contributed by atoms with van der Waals surface area (Å²) < 4.78 is 16.9. The lowest BCUT2D eigenvalue weighted by Crippen LogP contribution is -2.30. The van der Waals surface area contributed by atoms with E-state index in [1.54, 1.807) is 0 Å². The first-order valence-electron chi connectivity index (χ1n) is 34.0. The molecule has 6 nitrogen and oxygen atoms in total. The Balaban J connectivity index is 4.35. The molecular formula is C77H124O6. The molecule has 0 aliphatic carbocycles. The van der Waals surface area contributed by atoms with E-state index in [2.05, 4.69) is 179 Å². The first-order chi connectivity index (χ1) is 41.0. The molecule has 0 spiro atoms. The van der Waals surface area contributed by atoms with Crippen molar-refractivity contribution in [2.45, 2.75) is 297 Å². The third-order valence-electron chi connectivity index (χ3n) is 14.0. The Morgan fingerprint density at radius 1 is 0.241 bits per heavy atom. The second kappa shape index (κ2) is 69.5. The summed E-state index contributed by atoms with van der Waals surface area (Å²) in [5.41, 5.74) is 0. The van der Waals surface area contributed by atoms with Gasteiger partial charge in [-0.1, -0.05) is 288 Å². The largest absolute Gasteiger partial charge is 0.462 e. The van der Waals surface area contributed by atoms with Gasteiger partial charge < -0.3 is 14.2 Å². The molecule has 1 unspecified atom stereocenters. The lowest BCUT2D eigenvalue weighted by molar-refractivity contribution is -0.167. The van der Waals surface area contributed by atoms with E-state index in [-0.39, 0.29) is 31.1 Å². The van der Waals surface area contributed by atoms with E-state index in [0.717, 1.165) is 161 Å². The monoisotopic (exact) mass is 1140 g/mol.